The van der Waals surface area contributed by atoms with Gasteiger partial charge in [0.1, 0.15) is 12.4 Å². The van der Waals surface area contributed by atoms with Gasteiger partial charge in [-0.15, -0.1) is 0 Å². The average Bonchev–Trinajstić information content (AvgIpc) is 3.29. The lowest BCUT2D eigenvalue weighted by atomic mass is 10.1. The summed E-state index contributed by atoms with van der Waals surface area (Å²) in [6.07, 6.45) is 1.81. The molecule has 1 amide bonds. The van der Waals surface area contributed by atoms with Crippen molar-refractivity contribution in [3.8, 4) is 5.75 Å². The van der Waals surface area contributed by atoms with Crippen molar-refractivity contribution in [2.45, 2.75) is 6.61 Å². The van der Waals surface area contributed by atoms with Gasteiger partial charge in [-0.2, -0.15) is 4.99 Å². The van der Waals surface area contributed by atoms with Gasteiger partial charge in [0.25, 0.3) is 11.6 Å². The van der Waals surface area contributed by atoms with E-state index in [2.05, 4.69) is 26.9 Å². The number of nitro groups is 1. The van der Waals surface area contributed by atoms with E-state index >= 15 is 0 Å². The third kappa shape index (κ3) is 5.41. The lowest BCUT2D eigenvalue weighted by Gasteiger charge is -2.36. The molecule has 2 heterocycles. The molecule has 182 valence electrons. The van der Waals surface area contributed by atoms with Gasteiger partial charge in [-0.3, -0.25) is 14.9 Å². The minimum absolute atomic E-state index is 0.0398. The monoisotopic (exact) mass is 500 g/mol. The van der Waals surface area contributed by atoms with Crippen LogP contribution in [0.15, 0.2) is 88.8 Å². The molecule has 0 aliphatic carbocycles. The van der Waals surface area contributed by atoms with Gasteiger partial charge in [-0.05, 0) is 53.7 Å². The molecule has 0 radical (unpaired) electrons. The van der Waals surface area contributed by atoms with Gasteiger partial charge in [0.05, 0.1) is 9.83 Å². The number of amidine groups is 1. The van der Waals surface area contributed by atoms with Crippen molar-refractivity contribution in [1.29, 1.82) is 0 Å². The molecule has 0 spiro atoms. The molecule has 1 fully saturated rings. The molecule has 2 aliphatic rings. The van der Waals surface area contributed by atoms with Crippen molar-refractivity contribution < 1.29 is 14.5 Å². The van der Waals surface area contributed by atoms with E-state index in [1.165, 1.54) is 29.6 Å². The summed E-state index contributed by atoms with van der Waals surface area (Å²) in [6, 6.07) is 24.1. The third-order valence-electron chi connectivity index (χ3n) is 6.03. The lowest BCUT2D eigenvalue weighted by Crippen LogP contribution is -2.47. The maximum Gasteiger partial charge on any atom is 0.286 e. The second-order valence-electron chi connectivity index (χ2n) is 8.37. The lowest BCUT2D eigenvalue weighted by molar-refractivity contribution is -0.384. The molecule has 0 N–H and O–H groups in total. The fourth-order valence-electron chi connectivity index (χ4n) is 4.08. The van der Waals surface area contributed by atoms with E-state index in [4.69, 9.17) is 4.74 Å². The van der Waals surface area contributed by atoms with Crippen LogP contribution in [-0.4, -0.2) is 47.1 Å². The van der Waals surface area contributed by atoms with E-state index in [-0.39, 0.29) is 18.2 Å². The molecule has 0 aromatic heterocycles. The minimum atomic E-state index is -0.429. The van der Waals surface area contributed by atoms with Crippen LogP contribution in [0.3, 0.4) is 0 Å². The quantitative estimate of drug-likeness (QED) is 0.268. The fraction of sp³-hybridized carbons (Fsp3) is 0.185. The number of para-hydroxylation sites is 2. The van der Waals surface area contributed by atoms with Gasteiger partial charge in [0, 0.05) is 49.6 Å². The molecular formula is C27H24N4O4S. The van der Waals surface area contributed by atoms with E-state index in [1.807, 2.05) is 48.5 Å². The first-order valence-electron chi connectivity index (χ1n) is 11.6. The van der Waals surface area contributed by atoms with Gasteiger partial charge in [-0.1, -0.05) is 36.4 Å². The van der Waals surface area contributed by atoms with Crippen LogP contribution in [0.2, 0.25) is 0 Å². The molecule has 0 saturated carbocycles. The summed E-state index contributed by atoms with van der Waals surface area (Å²) in [5, 5.41) is 11.6. The molecule has 8 nitrogen and oxygen atoms in total. The van der Waals surface area contributed by atoms with Crippen molar-refractivity contribution in [2.24, 2.45) is 4.99 Å². The molecule has 0 bridgehead atoms. The van der Waals surface area contributed by atoms with Crippen LogP contribution in [0.1, 0.15) is 11.1 Å². The highest BCUT2D eigenvalue weighted by atomic mass is 32.2. The molecule has 3 aromatic rings. The number of non-ortho nitro benzene ring substituents is 1. The zero-order valence-corrected chi connectivity index (χ0v) is 20.3. The first-order valence-corrected chi connectivity index (χ1v) is 12.4. The largest absolute Gasteiger partial charge is 0.488 e. The Bertz CT molecular complexity index is 1320. The maximum atomic E-state index is 12.7. The number of nitrogens with zero attached hydrogens (tertiary/aromatic N) is 4. The Labute approximate surface area is 213 Å². The maximum absolute atomic E-state index is 12.7. The minimum Gasteiger partial charge on any atom is -0.488 e. The van der Waals surface area contributed by atoms with Crippen LogP contribution >= 0.6 is 11.8 Å². The Hall–Kier alpha value is -4.11. The van der Waals surface area contributed by atoms with Crippen LogP contribution in [-0.2, 0) is 11.4 Å². The van der Waals surface area contributed by atoms with Gasteiger partial charge in [0.15, 0.2) is 5.17 Å². The number of ether oxygens (including phenoxy) is 1. The van der Waals surface area contributed by atoms with Gasteiger partial charge >= 0.3 is 0 Å². The predicted octanol–water partition coefficient (Wildman–Crippen LogP) is 4.97. The van der Waals surface area contributed by atoms with Crippen LogP contribution in [0.5, 0.6) is 5.75 Å². The van der Waals surface area contributed by atoms with Gasteiger partial charge < -0.3 is 14.5 Å². The zero-order chi connectivity index (χ0) is 24.9. The average molecular weight is 501 g/mol. The number of nitro benzene ring substituents is 1. The van der Waals surface area contributed by atoms with Crippen molar-refractivity contribution in [3.63, 3.8) is 0 Å². The number of aliphatic imine (C=N–C) groups is 1. The van der Waals surface area contributed by atoms with Crippen LogP contribution in [0, 0.1) is 10.1 Å². The Balaban J connectivity index is 1.22. The third-order valence-corrected chi connectivity index (χ3v) is 7.07. The van der Waals surface area contributed by atoms with Crippen LogP contribution in [0.25, 0.3) is 6.08 Å². The molecule has 3 aromatic carbocycles. The summed E-state index contributed by atoms with van der Waals surface area (Å²) in [4.78, 5) is 32.5. The molecule has 9 heteroatoms. The standard InChI is InChI=1S/C27H24N4O4S/c32-26-25(36-27(28-26)30-16-14-29(15-17-30)22-7-2-1-3-8-22)18-21-6-4-5-9-24(21)35-19-20-10-12-23(13-11-20)31(33)34/h1-13,18H,14-17,19H2/b25-18+. The summed E-state index contributed by atoms with van der Waals surface area (Å²) < 4.78 is 5.98. The van der Waals surface area contributed by atoms with E-state index in [1.54, 1.807) is 12.1 Å². The molecule has 2 aliphatic heterocycles. The summed E-state index contributed by atoms with van der Waals surface area (Å²) in [6.45, 7) is 3.60. The zero-order valence-electron chi connectivity index (χ0n) is 19.4. The van der Waals surface area contributed by atoms with Crippen molar-refractivity contribution in [3.05, 3.63) is 105 Å². The molecular weight excluding hydrogens is 476 g/mol. The summed E-state index contributed by atoms with van der Waals surface area (Å²) in [7, 11) is 0. The Morgan fingerprint density at radius 3 is 2.31 bits per heavy atom. The van der Waals surface area contributed by atoms with E-state index in [9.17, 15) is 14.9 Å². The molecule has 0 unspecified atom stereocenters. The number of rotatable bonds is 6. The highest BCUT2D eigenvalue weighted by Gasteiger charge is 2.28. The second-order valence-corrected chi connectivity index (χ2v) is 9.38. The number of amides is 1. The fourth-order valence-corrected chi connectivity index (χ4v) is 5.03. The highest BCUT2D eigenvalue weighted by Crippen LogP contribution is 2.33. The Kier molecular flexibility index (Phi) is 6.99. The number of anilines is 1. The summed E-state index contributed by atoms with van der Waals surface area (Å²) in [5.74, 6) is 0.382. The smallest absolute Gasteiger partial charge is 0.286 e. The van der Waals surface area contributed by atoms with Crippen LogP contribution in [0.4, 0.5) is 11.4 Å². The van der Waals surface area contributed by atoms with Gasteiger partial charge in [-0.25, -0.2) is 0 Å². The number of carbonyl (C=O) groups excluding carboxylic acids is 1. The van der Waals surface area contributed by atoms with Crippen molar-refractivity contribution >= 4 is 40.3 Å². The first-order chi connectivity index (χ1) is 17.6. The normalized spacial score (nSPS) is 16.8. The first kappa shape index (κ1) is 23.6. The number of hydrogen-bond donors (Lipinski definition) is 0. The number of benzene rings is 3. The Morgan fingerprint density at radius 2 is 1.58 bits per heavy atom. The van der Waals surface area contributed by atoms with Crippen molar-refractivity contribution in [1.82, 2.24) is 4.90 Å². The summed E-state index contributed by atoms with van der Waals surface area (Å²) in [5.41, 5.74) is 2.84. The van der Waals surface area contributed by atoms with E-state index < -0.39 is 4.92 Å². The van der Waals surface area contributed by atoms with Crippen LogP contribution < -0.4 is 9.64 Å². The number of thioether (sulfide) groups is 1. The molecule has 36 heavy (non-hydrogen) atoms. The van der Waals surface area contributed by atoms with Crippen molar-refractivity contribution in [2.75, 3.05) is 31.1 Å². The Morgan fingerprint density at radius 1 is 0.917 bits per heavy atom. The number of piperazine rings is 1. The SMILES string of the molecule is O=C1N=C(N2CCN(c3ccccc3)CC2)S/C1=C/c1ccccc1OCc1ccc([N+](=O)[O-])cc1. The molecule has 0 atom stereocenters. The molecule has 1 saturated heterocycles. The molecule has 5 rings (SSSR count). The summed E-state index contributed by atoms with van der Waals surface area (Å²) >= 11 is 1.39. The van der Waals surface area contributed by atoms with E-state index in [0.717, 1.165) is 42.5 Å². The predicted molar refractivity (Wildman–Crippen MR) is 142 cm³/mol. The number of carbonyl (C=O) groups is 1. The van der Waals surface area contributed by atoms with Gasteiger partial charge in [0.2, 0.25) is 0 Å². The van der Waals surface area contributed by atoms with E-state index in [0.29, 0.717) is 10.7 Å². The second kappa shape index (κ2) is 10.7. The number of hydrogen-bond acceptors (Lipinski definition) is 7. The highest BCUT2D eigenvalue weighted by molar-refractivity contribution is 8.18. The topological polar surface area (TPSA) is 88.3 Å².